The summed E-state index contributed by atoms with van der Waals surface area (Å²) in [5, 5.41) is 9.91. The summed E-state index contributed by atoms with van der Waals surface area (Å²) < 4.78 is 4.93. The molecule has 64 valence electrons. The molecular weight excluding hydrogens is 174 g/mol. The molecule has 4 heteroatoms. The minimum atomic E-state index is -0.843. The van der Waals surface area contributed by atoms with Gasteiger partial charge in [0.1, 0.15) is 0 Å². The van der Waals surface area contributed by atoms with Crippen molar-refractivity contribution < 1.29 is 9.68 Å². The van der Waals surface area contributed by atoms with E-state index in [-0.39, 0.29) is 0 Å². The van der Waals surface area contributed by atoms with Crippen LogP contribution < -0.4 is 0 Å². The molecular formula is C8H10BClO2. The minimum Gasteiger partial charge on any atom is -0.423 e. The van der Waals surface area contributed by atoms with Crippen LogP contribution in [0.5, 0.6) is 0 Å². The number of allylic oxidation sites excluding steroid dienone is 3. The van der Waals surface area contributed by atoms with E-state index in [0.717, 1.165) is 5.57 Å². The molecule has 0 amide bonds. The molecule has 1 N–H and O–H groups in total. The van der Waals surface area contributed by atoms with E-state index < -0.39 is 7.12 Å². The Kier molecular flexibility index (Phi) is 3.15. The highest BCUT2D eigenvalue weighted by molar-refractivity contribution is 6.55. The Balaban J connectivity index is 2.79. The first-order chi connectivity index (χ1) is 5.61. The van der Waals surface area contributed by atoms with Gasteiger partial charge in [-0.05, 0) is 24.0 Å². The van der Waals surface area contributed by atoms with Gasteiger partial charge in [-0.2, -0.15) is 0 Å². The lowest BCUT2D eigenvalue weighted by Gasteiger charge is -1.94. The van der Waals surface area contributed by atoms with Crippen LogP contribution in [0.15, 0.2) is 34.8 Å². The van der Waals surface area contributed by atoms with Crippen LogP contribution in [-0.4, -0.2) is 18.7 Å². The lowest BCUT2D eigenvalue weighted by Crippen LogP contribution is -2.12. The number of halogens is 1. The van der Waals surface area contributed by atoms with Crippen molar-refractivity contribution in [2.45, 2.75) is 6.92 Å². The van der Waals surface area contributed by atoms with Crippen LogP contribution in [0.2, 0.25) is 0 Å². The third-order valence-corrected chi connectivity index (χ3v) is 1.71. The lowest BCUT2D eigenvalue weighted by atomic mass is 9.78. The van der Waals surface area contributed by atoms with Crippen LogP contribution in [0.3, 0.4) is 0 Å². The van der Waals surface area contributed by atoms with Crippen molar-refractivity contribution in [3.63, 3.8) is 0 Å². The molecule has 0 saturated carbocycles. The minimum absolute atomic E-state index is 0.391. The van der Waals surface area contributed by atoms with Gasteiger partial charge in [-0.3, -0.25) is 0 Å². The first-order valence-corrected chi connectivity index (χ1v) is 4.01. The van der Waals surface area contributed by atoms with Gasteiger partial charge in [-0.25, -0.2) is 0 Å². The van der Waals surface area contributed by atoms with Crippen LogP contribution in [0.4, 0.5) is 0 Å². The predicted molar refractivity (Wildman–Crippen MR) is 50.8 cm³/mol. The molecule has 0 radical (unpaired) electrons. The first-order valence-electron chi connectivity index (χ1n) is 3.63. The van der Waals surface area contributed by atoms with Crippen molar-refractivity contribution in [1.29, 1.82) is 0 Å². The Morgan fingerprint density at radius 1 is 1.83 bits per heavy atom. The van der Waals surface area contributed by atoms with E-state index in [1.54, 1.807) is 19.1 Å². The van der Waals surface area contributed by atoms with Gasteiger partial charge >= 0.3 is 7.12 Å². The van der Waals surface area contributed by atoms with Gasteiger partial charge in [-0.1, -0.05) is 24.3 Å². The molecule has 0 bridgehead atoms. The van der Waals surface area contributed by atoms with Gasteiger partial charge in [0.15, 0.2) is 0 Å². The number of hydrogen-bond acceptors (Lipinski definition) is 2. The molecule has 1 rings (SSSR count). The monoisotopic (exact) mass is 184 g/mol. The molecule has 2 nitrogen and oxygen atoms in total. The second-order valence-electron chi connectivity index (χ2n) is 2.64. The van der Waals surface area contributed by atoms with E-state index in [1.165, 1.54) is 0 Å². The Morgan fingerprint density at radius 3 is 2.92 bits per heavy atom. The summed E-state index contributed by atoms with van der Waals surface area (Å²) in [6.07, 6.45) is 3.43. The van der Waals surface area contributed by atoms with Gasteiger partial charge in [0.2, 0.25) is 0 Å². The normalized spacial score (nSPS) is 22.6. The van der Waals surface area contributed by atoms with Gasteiger partial charge in [0.05, 0.1) is 6.61 Å². The third kappa shape index (κ3) is 2.24. The van der Waals surface area contributed by atoms with Crippen LogP contribution in [0.1, 0.15) is 6.92 Å². The second-order valence-corrected chi connectivity index (χ2v) is 3.24. The molecule has 1 heterocycles. The Bertz CT molecular complexity index is 254. The van der Waals surface area contributed by atoms with Crippen molar-refractivity contribution in [3.8, 4) is 0 Å². The molecule has 0 aromatic heterocycles. The van der Waals surface area contributed by atoms with Crippen LogP contribution in [0, 0.1) is 0 Å². The third-order valence-electron chi connectivity index (χ3n) is 1.58. The van der Waals surface area contributed by atoms with Gasteiger partial charge in [-0.15, -0.1) is 0 Å². The summed E-state index contributed by atoms with van der Waals surface area (Å²) in [5.74, 6) is 0. The van der Waals surface area contributed by atoms with Gasteiger partial charge in [0.25, 0.3) is 0 Å². The van der Waals surface area contributed by atoms with Crippen LogP contribution >= 0.6 is 11.6 Å². The largest absolute Gasteiger partial charge is 0.491 e. The van der Waals surface area contributed by atoms with E-state index in [4.69, 9.17) is 16.3 Å². The summed E-state index contributed by atoms with van der Waals surface area (Å²) in [7, 11) is -0.843. The molecule has 1 aliphatic heterocycles. The summed E-state index contributed by atoms with van der Waals surface area (Å²) in [4.78, 5) is 0. The fourth-order valence-corrected chi connectivity index (χ4v) is 0.995. The summed E-state index contributed by atoms with van der Waals surface area (Å²) in [6.45, 7) is 5.90. The molecule has 0 aromatic rings. The fourth-order valence-electron chi connectivity index (χ4n) is 0.932. The summed E-state index contributed by atoms with van der Waals surface area (Å²) in [5.41, 5.74) is 1.51. The molecule has 12 heavy (non-hydrogen) atoms. The predicted octanol–water partition coefficient (Wildman–Crippen LogP) is 1.66. The van der Waals surface area contributed by atoms with E-state index in [1.807, 2.05) is 0 Å². The summed E-state index contributed by atoms with van der Waals surface area (Å²) >= 11 is 5.62. The average Bonchev–Trinajstić information content (AvgIpc) is 2.28. The molecule has 1 aliphatic rings. The molecule has 0 aromatic carbocycles. The van der Waals surface area contributed by atoms with E-state index in [2.05, 4.69) is 6.58 Å². The second kappa shape index (κ2) is 3.94. The van der Waals surface area contributed by atoms with Crippen LogP contribution in [0.25, 0.3) is 0 Å². The topological polar surface area (TPSA) is 29.5 Å². The van der Waals surface area contributed by atoms with Crippen LogP contribution in [-0.2, 0) is 4.65 Å². The average molecular weight is 184 g/mol. The SMILES string of the molecule is C=C1COB(O)/C1=C/C=C(\C)Cl. The number of rotatable bonds is 1. The molecule has 0 unspecified atom stereocenters. The maximum absolute atomic E-state index is 9.25. The molecule has 0 aliphatic carbocycles. The first kappa shape index (κ1) is 9.58. The molecule has 0 atom stereocenters. The number of hydrogen-bond donors (Lipinski definition) is 1. The lowest BCUT2D eigenvalue weighted by molar-refractivity contribution is 0.316. The van der Waals surface area contributed by atoms with Gasteiger partial charge in [0, 0.05) is 5.03 Å². The Labute approximate surface area is 77.3 Å². The smallest absolute Gasteiger partial charge is 0.423 e. The van der Waals surface area contributed by atoms with Crippen molar-refractivity contribution in [3.05, 3.63) is 34.8 Å². The van der Waals surface area contributed by atoms with E-state index in [9.17, 15) is 5.02 Å². The zero-order valence-corrected chi connectivity index (χ0v) is 7.64. The molecule has 0 spiro atoms. The van der Waals surface area contributed by atoms with E-state index >= 15 is 0 Å². The highest BCUT2D eigenvalue weighted by Crippen LogP contribution is 2.19. The van der Waals surface area contributed by atoms with Crippen molar-refractivity contribution in [1.82, 2.24) is 0 Å². The summed E-state index contributed by atoms with van der Waals surface area (Å²) in [6, 6.07) is 0. The maximum atomic E-state index is 9.25. The standard InChI is InChI=1S/C8H10BClO2/c1-6-5-12-9(11)8(6)4-3-7(2)10/h3-4,11H,1,5H2,2H3/b7-3+,8-4+. The highest BCUT2D eigenvalue weighted by Gasteiger charge is 2.28. The maximum Gasteiger partial charge on any atom is 0.491 e. The van der Waals surface area contributed by atoms with Crippen molar-refractivity contribution in [2.75, 3.05) is 6.61 Å². The van der Waals surface area contributed by atoms with Gasteiger partial charge < -0.3 is 9.68 Å². The fraction of sp³-hybridized carbons (Fsp3) is 0.250. The highest BCUT2D eigenvalue weighted by atomic mass is 35.5. The molecule has 1 saturated heterocycles. The Hall–Kier alpha value is -0.505. The van der Waals surface area contributed by atoms with Crippen molar-refractivity contribution in [2.24, 2.45) is 0 Å². The van der Waals surface area contributed by atoms with Crippen molar-refractivity contribution >= 4 is 18.7 Å². The van der Waals surface area contributed by atoms with E-state index in [0.29, 0.717) is 17.1 Å². The molecule has 1 fully saturated rings. The Morgan fingerprint density at radius 2 is 2.50 bits per heavy atom. The zero-order chi connectivity index (χ0) is 9.14. The zero-order valence-electron chi connectivity index (χ0n) is 6.88. The quantitative estimate of drug-likeness (QED) is 0.628.